The lowest BCUT2D eigenvalue weighted by Crippen LogP contribution is -2.43. The molecule has 0 heterocycles. The van der Waals surface area contributed by atoms with Crippen molar-refractivity contribution in [2.45, 2.75) is 45.1 Å². The van der Waals surface area contributed by atoms with Crippen LogP contribution in [-0.4, -0.2) is 23.7 Å². The van der Waals surface area contributed by atoms with Gasteiger partial charge in [0.15, 0.2) is 0 Å². The van der Waals surface area contributed by atoms with E-state index in [4.69, 9.17) is 0 Å². The first-order valence-corrected chi connectivity index (χ1v) is 7.64. The Morgan fingerprint density at radius 3 is 2.50 bits per heavy atom. The number of rotatable bonds is 5. The van der Waals surface area contributed by atoms with Crippen molar-refractivity contribution in [1.29, 1.82) is 0 Å². The highest BCUT2D eigenvalue weighted by Gasteiger charge is 2.25. The molecule has 0 aromatic heterocycles. The molecule has 0 radical (unpaired) electrons. The second-order valence-corrected chi connectivity index (χ2v) is 6.03. The maximum absolute atomic E-state index is 12.2. The van der Waals surface area contributed by atoms with Gasteiger partial charge in [-0.2, -0.15) is 0 Å². The summed E-state index contributed by atoms with van der Waals surface area (Å²) in [5.74, 6) is 1.000. The van der Waals surface area contributed by atoms with E-state index < -0.39 is 0 Å². The van der Waals surface area contributed by atoms with Crippen LogP contribution in [-0.2, 0) is 11.2 Å². The zero-order valence-electron chi connectivity index (χ0n) is 12.2. The van der Waals surface area contributed by atoms with Crippen molar-refractivity contribution in [1.82, 2.24) is 5.32 Å². The minimum Gasteiger partial charge on any atom is -0.394 e. The first kappa shape index (κ1) is 15.0. The SMILES string of the molecule is CC1CCC(C(=O)N[C@H](CO)Cc2ccccc2)CC1. The molecule has 1 fully saturated rings. The summed E-state index contributed by atoms with van der Waals surface area (Å²) in [6.07, 6.45) is 4.93. The third kappa shape index (κ3) is 4.34. The second kappa shape index (κ2) is 7.44. The topological polar surface area (TPSA) is 49.3 Å². The molecule has 1 aromatic rings. The quantitative estimate of drug-likeness (QED) is 0.867. The van der Waals surface area contributed by atoms with Crippen molar-refractivity contribution in [3.63, 3.8) is 0 Å². The number of amides is 1. The summed E-state index contributed by atoms with van der Waals surface area (Å²) in [5.41, 5.74) is 1.14. The van der Waals surface area contributed by atoms with E-state index in [9.17, 15) is 9.90 Å². The van der Waals surface area contributed by atoms with Gasteiger partial charge in [0, 0.05) is 5.92 Å². The van der Waals surface area contributed by atoms with Crippen molar-refractivity contribution in [3.05, 3.63) is 35.9 Å². The molecule has 1 saturated carbocycles. The molecule has 0 unspecified atom stereocenters. The van der Waals surface area contributed by atoms with Crippen molar-refractivity contribution < 1.29 is 9.90 Å². The van der Waals surface area contributed by atoms with Crippen molar-refractivity contribution >= 4 is 5.91 Å². The number of carbonyl (C=O) groups excluding carboxylic acids is 1. The first-order valence-electron chi connectivity index (χ1n) is 7.64. The molecule has 3 nitrogen and oxygen atoms in total. The van der Waals surface area contributed by atoms with Crippen LogP contribution in [0.25, 0.3) is 0 Å². The molecule has 1 aliphatic rings. The maximum atomic E-state index is 12.2. The lowest BCUT2D eigenvalue weighted by atomic mass is 9.82. The molecule has 2 N–H and O–H groups in total. The molecule has 0 saturated heterocycles. The Kier molecular flexibility index (Phi) is 5.60. The van der Waals surface area contributed by atoms with Crippen molar-refractivity contribution in [2.24, 2.45) is 11.8 Å². The minimum atomic E-state index is -0.177. The summed E-state index contributed by atoms with van der Waals surface area (Å²) in [6.45, 7) is 2.24. The summed E-state index contributed by atoms with van der Waals surface area (Å²) < 4.78 is 0. The van der Waals surface area contributed by atoms with E-state index in [1.807, 2.05) is 30.3 Å². The molecule has 1 aliphatic carbocycles. The molecule has 1 atom stereocenters. The summed E-state index contributed by atoms with van der Waals surface area (Å²) in [4.78, 5) is 12.2. The molecule has 1 aromatic carbocycles. The average Bonchev–Trinajstić information content (AvgIpc) is 2.48. The van der Waals surface area contributed by atoms with Gasteiger partial charge in [0.2, 0.25) is 5.91 Å². The molecule has 0 spiro atoms. The van der Waals surface area contributed by atoms with Gasteiger partial charge in [-0.25, -0.2) is 0 Å². The smallest absolute Gasteiger partial charge is 0.223 e. The lowest BCUT2D eigenvalue weighted by molar-refractivity contribution is -0.127. The van der Waals surface area contributed by atoms with E-state index in [0.717, 1.165) is 37.2 Å². The Morgan fingerprint density at radius 2 is 1.90 bits per heavy atom. The molecular weight excluding hydrogens is 250 g/mol. The number of aliphatic hydroxyl groups excluding tert-OH is 1. The van der Waals surface area contributed by atoms with Gasteiger partial charge in [-0.1, -0.05) is 37.3 Å². The molecule has 1 amide bonds. The standard InChI is InChI=1S/C17H25NO2/c1-13-7-9-15(10-8-13)17(20)18-16(12-19)11-14-5-3-2-4-6-14/h2-6,13,15-16,19H,7-12H2,1H3,(H,18,20)/t13?,15?,16-/m0/s1. The van der Waals surface area contributed by atoms with Gasteiger partial charge in [0.25, 0.3) is 0 Å². The Balaban J connectivity index is 1.85. The molecule has 0 bridgehead atoms. The summed E-state index contributed by atoms with van der Waals surface area (Å²) in [5, 5.41) is 12.5. The highest BCUT2D eigenvalue weighted by atomic mass is 16.3. The molecular formula is C17H25NO2. The van der Waals surface area contributed by atoms with Crippen LogP contribution in [0.3, 0.4) is 0 Å². The number of carbonyl (C=O) groups is 1. The van der Waals surface area contributed by atoms with Gasteiger partial charge >= 0.3 is 0 Å². The molecule has 2 rings (SSSR count). The van der Waals surface area contributed by atoms with E-state index in [-0.39, 0.29) is 24.5 Å². The summed E-state index contributed by atoms with van der Waals surface area (Å²) in [6, 6.07) is 9.81. The first-order chi connectivity index (χ1) is 9.69. The van der Waals surface area contributed by atoms with Crippen LogP contribution in [0.1, 0.15) is 38.2 Å². The van der Waals surface area contributed by atoms with E-state index >= 15 is 0 Å². The van der Waals surface area contributed by atoms with Gasteiger partial charge in [0.1, 0.15) is 0 Å². The average molecular weight is 275 g/mol. The van der Waals surface area contributed by atoms with E-state index in [1.54, 1.807) is 0 Å². The van der Waals surface area contributed by atoms with Crippen LogP contribution in [0.15, 0.2) is 30.3 Å². The number of hydrogen-bond acceptors (Lipinski definition) is 2. The number of aliphatic hydroxyl groups is 1. The van der Waals surface area contributed by atoms with Crippen LogP contribution in [0.4, 0.5) is 0 Å². The molecule has 0 aliphatic heterocycles. The predicted molar refractivity (Wildman–Crippen MR) is 80.3 cm³/mol. The number of nitrogens with one attached hydrogen (secondary N) is 1. The van der Waals surface area contributed by atoms with E-state index in [2.05, 4.69) is 12.2 Å². The van der Waals surface area contributed by atoms with Gasteiger partial charge < -0.3 is 10.4 Å². The van der Waals surface area contributed by atoms with Crippen molar-refractivity contribution in [2.75, 3.05) is 6.61 Å². The van der Waals surface area contributed by atoms with E-state index in [1.165, 1.54) is 0 Å². The molecule has 3 heteroatoms. The van der Waals surface area contributed by atoms with Crippen molar-refractivity contribution in [3.8, 4) is 0 Å². The van der Waals surface area contributed by atoms with Crippen LogP contribution in [0.2, 0.25) is 0 Å². The minimum absolute atomic E-state index is 0.0102. The summed E-state index contributed by atoms with van der Waals surface area (Å²) in [7, 11) is 0. The fourth-order valence-electron chi connectivity index (χ4n) is 2.90. The third-order valence-electron chi connectivity index (χ3n) is 4.28. The Bertz CT molecular complexity index is 410. The van der Waals surface area contributed by atoms with Crippen LogP contribution in [0.5, 0.6) is 0 Å². The zero-order chi connectivity index (χ0) is 14.4. The number of hydrogen-bond donors (Lipinski definition) is 2. The van der Waals surface area contributed by atoms with Gasteiger partial charge in [-0.05, 0) is 43.6 Å². The van der Waals surface area contributed by atoms with Gasteiger partial charge in [-0.15, -0.1) is 0 Å². The second-order valence-electron chi connectivity index (χ2n) is 6.03. The third-order valence-corrected chi connectivity index (χ3v) is 4.28. The normalized spacial score (nSPS) is 24.1. The Morgan fingerprint density at radius 1 is 1.25 bits per heavy atom. The van der Waals surface area contributed by atoms with E-state index in [0.29, 0.717) is 6.42 Å². The van der Waals surface area contributed by atoms with Crippen LogP contribution < -0.4 is 5.32 Å². The Hall–Kier alpha value is -1.35. The monoisotopic (exact) mass is 275 g/mol. The lowest BCUT2D eigenvalue weighted by Gasteiger charge is -2.27. The molecule has 110 valence electrons. The fraction of sp³-hybridized carbons (Fsp3) is 0.588. The van der Waals surface area contributed by atoms with Crippen LogP contribution >= 0.6 is 0 Å². The zero-order valence-corrected chi connectivity index (χ0v) is 12.2. The molecule has 20 heavy (non-hydrogen) atoms. The predicted octanol–water partition coefficient (Wildman–Crippen LogP) is 2.53. The highest BCUT2D eigenvalue weighted by molar-refractivity contribution is 5.79. The van der Waals surface area contributed by atoms with Gasteiger partial charge in [-0.3, -0.25) is 4.79 Å². The van der Waals surface area contributed by atoms with Crippen LogP contribution in [0, 0.1) is 11.8 Å². The highest BCUT2D eigenvalue weighted by Crippen LogP contribution is 2.28. The largest absolute Gasteiger partial charge is 0.394 e. The van der Waals surface area contributed by atoms with Gasteiger partial charge in [0.05, 0.1) is 12.6 Å². The Labute approximate surface area is 121 Å². The fourth-order valence-corrected chi connectivity index (χ4v) is 2.90. The number of benzene rings is 1. The summed E-state index contributed by atoms with van der Waals surface area (Å²) >= 11 is 0. The maximum Gasteiger partial charge on any atom is 0.223 e.